The fraction of sp³-hybridized carbons (Fsp3) is 0.538. The average molecular weight is 205 g/mol. The van der Waals surface area contributed by atoms with E-state index in [1.54, 1.807) is 0 Å². The van der Waals surface area contributed by atoms with E-state index in [1.807, 2.05) is 0 Å². The number of hydrogen-bond acceptors (Lipinski definition) is 2. The predicted molar refractivity (Wildman–Crippen MR) is 62.3 cm³/mol. The normalized spacial score (nSPS) is 17.5. The van der Waals surface area contributed by atoms with E-state index in [1.165, 1.54) is 24.0 Å². The average Bonchev–Trinajstić information content (AvgIpc) is 3.03. The third-order valence-corrected chi connectivity index (χ3v) is 2.87. The summed E-state index contributed by atoms with van der Waals surface area (Å²) in [5.74, 6) is 1.40. The maximum Gasteiger partial charge on any atom is 0.123 e. The number of hydrogen-bond donors (Lipinski definition) is 1. The Kier molecular flexibility index (Phi) is 2.96. The lowest BCUT2D eigenvalue weighted by atomic mass is 9.98. The first-order valence-corrected chi connectivity index (χ1v) is 5.68. The van der Waals surface area contributed by atoms with Crippen molar-refractivity contribution in [2.24, 2.45) is 5.73 Å². The second-order valence-electron chi connectivity index (χ2n) is 4.50. The van der Waals surface area contributed by atoms with E-state index in [0.717, 1.165) is 5.75 Å². The number of ether oxygens (including phenoxy) is 1. The Labute approximate surface area is 91.4 Å². The van der Waals surface area contributed by atoms with Crippen molar-refractivity contribution in [1.82, 2.24) is 0 Å². The molecule has 0 heterocycles. The van der Waals surface area contributed by atoms with Crippen molar-refractivity contribution in [1.29, 1.82) is 0 Å². The van der Waals surface area contributed by atoms with Crippen LogP contribution in [0.25, 0.3) is 0 Å². The largest absolute Gasteiger partial charge is 0.490 e. The summed E-state index contributed by atoms with van der Waals surface area (Å²) < 4.78 is 5.88. The zero-order chi connectivity index (χ0) is 10.8. The topological polar surface area (TPSA) is 35.2 Å². The summed E-state index contributed by atoms with van der Waals surface area (Å²) in [5.41, 5.74) is 8.24. The third kappa shape index (κ3) is 2.51. The summed E-state index contributed by atoms with van der Waals surface area (Å²) in [6, 6.07) is 6.37. The van der Waals surface area contributed by atoms with Gasteiger partial charge in [0.05, 0.1) is 6.10 Å². The molecule has 2 N–H and O–H groups in total. The summed E-state index contributed by atoms with van der Waals surface area (Å²) in [5, 5.41) is 0. The summed E-state index contributed by atoms with van der Waals surface area (Å²) in [6.07, 6.45) is 2.85. The zero-order valence-corrected chi connectivity index (χ0v) is 9.49. The van der Waals surface area contributed by atoms with Crippen LogP contribution in [0.4, 0.5) is 0 Å². The second-order valence-corrected chi connectivity index (χ2v) is 4.50. The molecule has 1 fully saturated rings. The minimum absolute atomic E-state index is 0.374. The molecule has 0 aliphatic heterocycles. The Bertz CT molecular complexity index is 344. The molecular formula is C13H19NO. The minimum atomic E-state index is 0.374. The molecule has 1 aromatic rings. The first kappa shape index (κ1) is 10.5. The predicted octanol–water partition coefficient (Wildman–Crippen LogP) is 2.60. The molecule has 1 saturated carbocycles. The highest BCUT2D eigenvalue weighted by Gasteiger charge is 2.25. The molecule has 2 rings (SSSR count). The van der Waals surface area contributed by atoms with Crippen LogP contribution in [-0.4, -0.2) is 12.6 Å². The maximum atomic E-state index is 5.88. The SMILES string of the molecule is Cc1ccc(OC2CC2)c(C(C)CN)c1. The molecule has 1 atom stereocenters. The van der Waals surface area contributed by atoms with E-state index in [9.17, 15) is 0 Å². The van der Waals surface area contributed by atoms with Crippen LogP contribution in [0.1, 0.15) is 36.8 Å². The van der Waals surface area contributed by atoms with Gasteiger partial charge in [0.2, 0.25) is 0 Å². The number of nitrogens with two attached hydrogens (primary N) is 1. The van der Waals surface area contributed by atoms with Gasteiger partial charge < -0.3 is 10.5 Å². The van der Waals surface area contributed by atoms with Crippen molar-refractivity contribution in [2.75, 3.05) is 6.54 Å². The van der Waals surface area contributed by atoms with Gasteiger partial charge in [-0.05, 0) is 43.9 Å². The molecule has 0 amide bonds. The van der Waals surface area contributed by atoms with E-state index in [-0.39, 0.29) is 0 Å². The molecule has 1 unspecified atom stereocenters. The van der Waals surface area contributed by atoms with Crippen LogP contribution in [0.3, 0.4) is 0 Å². The molecule has 1 aliphatic carbocycles. The van der Waals surface area contributed by atoms with Gasteiger partial charge in [-0.3, -0.25) is 0 Å². The highest BCUT2D eigenvalue weighted by molar-refractivity contribution is 5.39. The van der Waals surface area contributed by atoms with Crippen LogP contribution >= 0.6 is 0 Å². The smallest absolute Gasteiger partial charge is 0.123 e. The van der Waals surface area contributed by atoms with Crippen LogP contribution in [0.5, 0.6) is 5.75 Å². The maximum absolute atomic E-state index is 5.88. The minimum Gasteiger partial charge on any atom is -0.490 e. The first-order valence-electron chi connectivity index (χ1n) is 5.68. The highest BCUT2D eigenvalue weighted by Crippen LogP contribution is 2.32. The van der Waals surface area contributed by atoms with Crippen LogP contribution in [0.2, 0.25) is 0 Å². The monoisotopic (exact) mass is 205 g/mol. The highest BCUT2D eigenvalue weighted by atomic mass is 16.5. The van der Waals surface area contributed by atoms with Crippen molar-refractivity contribution in [3.8, 4) is 5.75 Å². The van der Waals surface area contributed by atoms with Gasteiger partial charge in [-0.2, -0.15) is 0 Å². The third-order valence-electron chi connectivity index (χ3n) is 2.87. The van der Waals surface area contributed by atoms with Crippen molar-refractivity contribution >= 4 is 0 Å². The van der Waals surface area contributed by atoms with Gasteiger partial charge in [0.15, 0.2) is 0 Å². The van der Waals surface area contributed by atoms with Crippen LogP contribution in [0, 0.1) is 6.92 Å². The van der Waals surface area contributed by atoms with E-state index in [2.05, 4.69) is 32.0 Å². The number of aryl methyl sites for hydroxylation is 1. The van der Waals surface area contributed by atoms with Crippen LogP contribution < -0.4 is 10.5 Å². The van der Waals surface area contributed by atoms with E-state index in [4.69, 9.17) is 10.5 Å². The van der Waals surface area contributed by atoms with Gasteiger partial charge in [-0.1, -0.05) is 24.6 Å². The molecule has 2 heteroatoms. The molecule has 0 aromatic heterocycles. The number of rotatable bonds is 4. The van der Waals surface area contributed by atoms with Gasteiger partial charge in [0.25, 0.3) is 0 Å². The van der Waals surface area contributed by atoms with Crippen molar-refractivity contribution in [3.63, 3.8) is 0 Å². The Balaban J connectivity index is 2.25. The Hall–Kier alpha value is -1.02. The molecular weight excluding hydrogens is 186 g/mol. The van der Waals surface area contributed by atoms with Crippen LogP contribution in [0.15, 0.2) is 18.2 Å². The lowest BCUT2D eigenvalue weighted by Crippen LogP contribution is -2.11. The lowest BCUT2D eigenvalue weighted by Gasteiger charge is -2.16. The summed E-state index contributed by atoms with van der Waals surface area (Å²) >= 11 is 0. The summed E-state index contributed by atoms with van der Waals surface area (Å²) in [4.78, 5) is 0. The van der Waals surface area contributed by atoms with Gasteiger partial charge in [-0.15, -0.1) is 0 Å². The zero-order valence-electron chi connectivity index (χ0n) is 9.49. The van der Waals surface area contributed by atoms with Crippen molar-refractivity contribution in [2.45, 2.75) is 38.7 Å². The molecule has 82 valence electrons. The molecule has 0 radical (unpaired) electrons. The van der Waals surface area contributed by atoms with E-state index >= 15 is 0 Å². The van der Waals surface area contributed by atoms with Gasteiger partial charge >= 0.3 is 0 Å². The van der Waals surface area contributed by atoms with E-state index < -0.39 is 0 Å². The van der Waals surface area contributed by atoms with Crippen LogP contribution in [-0.2, 0) is 0 Å². The molecule has 1 aliphatic rings. The van der Waals surface area contributed by atoms with E-state index in [0.29, 0.717) is 18.6 Å². The molecule has 0 spiro atoms. The molecule has 1 aromatic carbocycles. The number of benzene rings is 1. The van der Waals surface area contributed by atoms with Crippen molar-refractivity contribution in [3.05, 3.63) is 29.3 Å². The lowest BCUT2D eigenvalue weighted by molar-refractivity contribution is 0.298. The molecule has 2 nitrogen and oxygen atoms in total. The summed E-state index contributed by atoms with van der Waals surface area (Å²) in [7, 11) is 0. The fourth-order valence-electron chi connectivity index (χ4n) is 1.65. The molecule has 0 saturated heterocycles. The Morgan fingerprint density at radius 2 is 2.20 bits per heavy atom. The molecule has 0 bridgehead atoms. The fourth-order valence-corrected chi connectivity index (χ4v) is 1.65. The van der Waals surface area contributed by atoms with Gasteiger partial charge in [-0.25, -0.2) is 0 Å². The van der Waals surface area contributed by atoms with Gasteiger partial charge in [0.1, 0.15) is 5.75 Å². The Morgan fingerprint density at radius 3 is 2.80 bits per heavy atom. The molecule has 15 heavy (non-hydrogen) atoms. The Morgan fingerprint density at radius 1 is 1.47 bits per heavy atom. The van der Waals surface area contributed by atoms with Crippen molar-refractivity contribution < 1.29 is 4.74 Å². The first-order chi connectivity index (χ1) is 7.20. The quantitative estimate of drug-likeness (QED) is 0.820. The van der Waals surface area contributed by atoms with Gasteiger partial charge in [0, 0.05) is 0 Å². The standard InChI is InChI=1S/C13H19NO/c1-9-3-6-13(15-11-4-5-11)12(7-9)10(2)8-14/h3,6-7,10-11H,4-5,8,14H2,1-2H3. The summed E-state index contributed by atoms with van der Waals surface area (Å²) in [6.45, 7) is 4.92. The second kappa shape index (κ2) is 4.23.